The topological polar surface area (TPSA) is 52.6 Å². The van der Waals surface area contributed by atoms with Crippen LogP contribution in [0.15, 0.2) is 28.7 Å². The third kappa shape index (κ3) is 10.1. The second-order valence-corrected chi connectivity index (χ2v) is 6.30. The minimum Gasteiger partial charge on any atom is -0.466 e. The third-order valence-corrected chi connectivity index (χ3v) is 3.81. The summed E-state index contributed by atoms with van der Waals surface area (Å²) in [7, 11) is 0. The molecule has 0 bridgehead atoms. The van der Waals surface area contributed by atoms with E-state index in [9.17, 15) is 9.59 Å². The van der Waals surface area contributed by atoms with Crippen LogP contribution >= 0.6 is 15.9 Å². The Hall–Kier alpha value is -1.36. The molecule has 1 aromatic rings. The van der Waals surface area contributed by atoms with Crippen molar-refractivity contribution in [1.29, 1.82) is 0 Å². The van der Waals surface area contributed by atoms with Crippen LogP contribution in [0.1, 0.15) is 51.0 Å². The Morgan fingerprint density at radius 2 is 1.70 bits per heavy atom. The van der Waals surface area contributed by atoms with Crippen LogP contribution in [0.4, 0.5) is 0 Å². The maximum Gasteiger partial charge on any atom is 0.305 e. The van der Waals surface area contributed by atoms with Crippen molar-refractivity contribution < 1.29 is 19.1 Å². The molecule has 0 aliphatic heterocycles. The molecule has 0 radical (unpaired) electrons. The highest BCUT2D eigenvalue weighted by Gasteiger charge is 2.07. The molecule has 5 heteroatoms. The van der Waals surface area contributed by atoms with Gasteiger partial charge in [0.25, 0.3) is 0 Å². The van der Waals surface area contributed by atoms with Crippen molar-refractivity contribution in [1.82, 2.24) is 0 Å². The molecule has 0 saturated heterocycles. The predicted octanol–water partition coefficient (Wildman–Crippen LogP) is 4.44. The van der Waals surface area contributed by atoms with Gasteiger partial charge in [-0.1, -0.05) is 47.8 Å². The summed E-state index contributed by atoms with van der Waals surface area (Å²) in [5.41, 5.74) is 1.11. The molecule has 0 aliphatic carbocycles. The molecular weight excluding hydrogens is 360 g/mol. The average Bonchev–Trinajstić information content (AvgIpc) is 2.52. The van der Waals surface area contributed by atoms with Crippen LogP contribution in [-0.4, -0.2) is 25.2 Å². The van der Waals surface area contributed by atoms with Crippen LogP contribution in [-0.2, 0) is 25.5 Å². The van der Waals surface area contributed by atoms with Crippen LogP contribution in [0.25, 0.3) is 0 Å². The molecule has 128 valence electrons. The zero-order valence-electron chi connectivity index (χ0n) is 13.7. The number of ether oxygens (including phenoxy) is 2. The quantitative estimate of drug-likeness (QED) is 0.418. The van der Waals surface area contributed by atoms with Crippen LogP contribution < -0.4 is 0 Å². The van der Waals surface area contributed by atoms with Crippen molar-refractivity contribution in [3.8, 4) is 0 Å². The van der Waals surface area contributed by atoms with Gasteiger partial charge in [-0.05, 0) is 30.5 Å². The number of hydrogen-bond donors (Lipinski definition) is 0. The molecule has 0 saturated carbocycles. The van der Waals surface area contributed by atoms with Crippen LogP contribution in [0.5, 0.6) is 0 Å². The van der Waals surface area contributed by atoms with E-state index in [1.165, 1.54) is 0 Å². The molecule has 1 rings (SSSR count). The van der Waals surface area contributed by atoms with Gasteiger partial charge in [-0.2, -0.15) is 0 Å². The van der Waals surface area contributed by atoms with E-state index >= 15 is 0 Å². The molecule has 0 spiro atoms. The third-order valence-electron chi connectivity index (χ3n) is 3.32. The van der Waals surface area contributed by atoms with Crippen molar-refractivity contribution in [2.45, 2.75) is 51.9 Å². The van der Waals surface area contributed by atoms with Crippen molar-refractivity contribution >= 4 is 27.9 Å². The van der Waals surface area contributed by atoms with Crippen molar-refractivity contribution in [2.24, 2.45) is 0 Å². The van der Waals surface area contributed by atoms with Gasteiger partial charge in [0.15, 0.2) is 0 Å². The molecule has 0 aromatic heterocycles. The molecule has 0 fully saturated rings. The fraction of sp³-hybridized carbons (Fsp3) is 0.556. The van der Waals surface area contributed by atoms with E-state index in [2.05, 4.69) is 22.9 Å². The number of esters is 2. The first-order valence-corrected chi connectivity index (χ1v) is 8.96. The molecule has 0 N–H and O–H groups in total. The van der Waals surface area contributed by atoms with Crippen molar-refractivity contribution in [2.75, 3.05) is 13.2 Å². The Labute approximate surface area is 146 Å². The zero-order chi connectivity index (χ0) is 16.9. The Kier molecular flexibility index (Phi) is 10.4. The molecule has 0 aliphatic rings. The van der Waals surface area contributed by atoms with E-state index < -0.39 is 0 Å². The minimum atomic E-state index is -0.265. The van der Waals surface area contributed by atoms with E-state index in [4.69, 9.17) is 9.47 Å². The first-order chi connectivity index (χ1) is 11.1. The fourth-order valence-corrected chi connectivity index (χ4v) is 2.48. The monoisotopic (exact) mass is 384 g/mol. The lowest BCUT2D eigenvalue weighted by atomic mass is 10.2. The number of carbonyl (C=O) groups excluding carboxylic acids is 2. The Morgan fingerprint density at radius 1 is 1.00 bits per heavy atom. The van der Waals surface area contributed by atoms with Crippen LogP contribution in [0, 0.1) is 0 Å². The van der Waals surface area contributed by atoms with Gasteiger partial charge in [0, 0.05) is 23.7 Å². The standard InChI is InChI=1S/C18H25BrO4/c1-2-3-4-12-22-17(20)9-6-10-18(21)23-13-11-15-7-5-8-16(19)14-15/h5,7-8,14H,2-4,6,9-13H2,1H3. The molecule has 23 heavy (non-hydrogen) atoms. The summed E-state index contributed by atoms with van der Waals surface area (Å²) < 4.78 is 11.3. The molecule has 0 heterocycles. The second kappa shape index (κ2) is 12.1. The van der Waals surface area contributed by atoms with Gasteiger partial charge in [0.05, 0.1) is 13.2 Å². The molecule has 0 unspecified atom stereocenters. The second-order valence-electron chi connectivity index (χ2n) is 5.38. The lowest BCUT2D eigenvalue weighted by Gasteiger charge is -2.06. The molecule has 0 atom stereocenters. The summed E-state index contributed by atoms with van der Waals surface area (Å²) in [5, 5.41) is 0. The predicted molar refractivity (Wildman–Crippen MR) is 93.1 cm³/mol. The van der Waals surface area contributed by atoms with Gasteiger partial charge in [-0.25, -0.2) is 0 Å². The number of unbranched alkanes of at least 4 members (excludes halogenated alkanes) is 2. The normalized spacial score (nSPS) is 10.3. The summed E-state index contributed by atoms with van der Waals surface area (Å²) in [4.78, 5) is 23.0. The number of halogens is 1. The van der Waals surface area contributed by atoms with Gasteiger partial charge < -0.3 is 9.47 Å². The highest BCUT2D eigenvalue weighted by atomic mass is 79.9. The SMILES string of the molecule is CCCCCOC(=O)CCCC(=O)OCCc1cccc(Br)c1. The lowest BCUT2D eigenvalue weighted by Crippen LogP contribution is -2.10. The molecule has 4 nitrogen and oxygen atoms in total. The summed E-state index contributed by atoms with van der Waals surface area (Å²) in [6.07, 6.45) is 4.75. The first-order valence-electron chi connectivity index (χ1n) is 8.17. The highest BCUT2D eigenvalue weighted by Crippen LogP contribution is 2.12. The smallest absolute Gasteiger partial charge is 0.305 e. The number of hydrogen-bond acceptors (Lipinski definition) is 4. The largest absolute Gasteiger partial charge is 0.466 e. The van der Waals surface area contributed by atoms with Gasteiger partial charge in [0.2, 0.25) is 0 Å². The number of benzene rings is 1. The van der Waals surface area contributed by atoms with Crippen molar-refractivity contribution in [3.05, 3.63) is 34.3 Å². The maximum atomic E-state index is 11.6. The molecular formula is C18H25BrO4. The molecule has 0 amide bonds. The van der Waals surface area contributed by atoms with Gasteiger partial charge in [0.1, 0.15) is 0 Å². The summed E-state index contributed by atoms with van der Waals surface area (Å²) >= 11 is 3.41. The minimum absolute atomic E-state index is 0.233. The van der Waals surface area contributed by atoms with E-state index in [1.807, 2.05) is 24.3 Å². The van der Waals surface area contributed by atoms with Crippen molar-refractivity contribution in [3.63, 3.8) is 0 Å². The zero-order valence-corrected chi connectivity index (χ0v) is 15.3. The average molecular weight is 385 g/mol. The van der Waals surface area contributed by atoms with Crippen LogP contribution in [0.2, 0.25) is 0 Å². The van der Waals surface area contributed by atoms with Gasteiger partial charge >= 0.3 is 11.9 Å². The Bertz CT molecular complexity index is 488. The highest BCUT2D eigenvalue weighted by molar-refractivity contribution is 9.10. The van der Waals surface area contributed by atoms with Gasteiger partial charge in [-0.15, -0.1) is 0 Å². The van der Waals surface area contributed by atoms with E-state index in [0.29, 0.717) is 26.1 Å². The Morgan fingerprint density at radius 3 is 2.35 bits per heavy atom. The van der Waals surface area contributed by atoms with E-state index in [1.54, 1.807) is 0 Å². The summed E-state index contributed by atoms with van der Waals surface area (Å²) in [6.45, 7) is 2.94. The summed E-state index contributed by atoms with van der Waals surface area (Å²) in [5.74, 6) is -0.498. The summed E-state index contributed by atoms with van der Waals surface area (Å²) in [6, 6.07) is 7.90. The molecule has 1 aromatic carbocycles. The van der Waals surface area contributed by atoms with E-state index in [0.717, 1.165) is 29.3 Å². The Balaban J connectivity index is 2.05. The van der Waals surface area contributed by atoms with E-state index in [-0.39, 0.29) is 24.8 Å². The first kappa shape index (κ1) is 19.7. The van der Waals surface area contributed by atoms with Gasteiger partial charge in [-0.3, -0.25) is 9.59 Å². The maximum absolute atomic E-state index is 11.6. The number of carbonyl (C=O) groups is 2. The van der Waals surface area contributed by atoms with Crippen LogP contribution in [0.3, 0.4) is 0 Å². The lowest BCUT2D eigenvalue weighted by molar-refractivity contribution is -0.145. The number of rotatable bonds is 11. The fourth-order valence-electron chi connectivity index (χ4n) is 2.03.